The number of rotatable bonds is 8. The molecule has 0 radical (unpaired) electrons. The summed E-state index contributed by atoms with van der Waals surface area (Å²) in [4.78, 5) is 12.1. The molecule has 0 aliphatic carbocycles. The highest BCUT2D eigenvalue weighted by Gasteiger charge is 2.25. The minimum Gasteiger partial charge on any atom is -0.496 e. The molecule has 0 aromatic heterocycles. The van der Waals surface area contributed by atoms with E-state index in [0.717, 1.165) is 29.7 Å². The van der Waals surface area contributed by atoms with E-state index in [-0.39, 0.29) is 17.9 Å². The standard InChI is InChI=1S/C17H27NO3/c1-5-17(6-2,12-19)11-18-16(20)10-14-8-7-13(3)15(9-14)21-4/h7-9,19H,5-6,10-12H2,1-4H3,(H,18,20). The first-order chi connectivity index (χ1) is 10.00. The lowest BCUT2D eigenvalue weighted by Crippen LogP contribution is -2.39. The van der Waals surface area contributed by atoms with Crippen LogP contribution in [0.25, 0.3) is 0 Å². The van der Waals surface area contributed by atoms with Gasteiger partial charge in [0.1, 0.15) is 5.75 Å². The van der Waals surface area contributed by atoms with Gasteiger partial charge in [-0.05, 0) is 37.0 Å². The zero-order chi connectivity index (χ0) is 15.9. The maximum atomic E-state index is 12.1. The number of amides is 1. The number of nitrogens with one attached hydrogen (secondary N) is 1. The first-order valence-corrected chi connectivity index (χ1v) is 7.51. The number of hydrogen-bond donors (Lipinski definition) is 2. The zero-order valence-electron chi connectivity index (χ0n) is 13.5. The fourth-order valence-corrected chi connectivity index (χ4v) is 2.29. The van der Waals surface area contributed by atoms with Crippen LogP contribution in [0.1, 0.15) is 37.8 Å². The van der Waals surface area contributed by atoms with E-state index in [4.69, 9.17) is 4.74 Å². The van der Waals surface area contributed by atoms with Crippen LogP contribution in [0.2, 0.25) is 0 Å². The Hall–Kier alpha value is -1.55. The number of ether oxygens (including phenoxy) is 1. The van der Waals surface area contributed by atoms with Crippen molar-refractivity contribution in [3.63, 3.8) is 0 Å². The highest BCUT2D eigenvalue weighted by molar-refractivity contribution is 5.78. The molecule has 0 aliphatic rings. The van der Waals surface area contributed by atoms with Gasteiger partial charge in [-0.25, -0.2) is 0 Å². The summed E-state index contributed by atoms with van der Waals surface area (Å²) < 4.78 is 5.27. The van der Waals surface area contributed by atoms with E-state index in [9.17, 15) is 9.90 Å². The summed E-state index contributed by atoms with van der Waals surface area (Å²) in [6, 6.07) is 5.79. The molecule has 0 fully saturated rings. The van der Waals surface area contributed by atoms with Gasteiger partial charge in [0.2, 0.25) is 5.91 Å². The van der Waals surface area contributed by atoms with Crippen molar-refractivity contribution in [1.82, 2.24) is 5.32 Å². The number of hydrogen-bond acceptors (Lipinski definition) is 3. The fraction of sp³-hybridized carbons (Fsp3) is 0.588. The SMILES string of the molecule is CCC(CC)(CO)CNC(=O)Cc1ccc(C)c(OC)c1. The predicted molar refractivity (Wildman–Crippen MR) is 84.5 cm³/mol. The van der Waals surface area contributed by atoms with Gasteiger partial charge in [0, 0.05) is 12.0 Å². The molecule has 0 saturated heterocycles. The van der Waals surface area contributed by atoms with Crippen molar-refractivity contribution in [3.05, 3.63) is 29.3 Å². The number of carbonyl (C=O) groups excluding carboxylic acids is 1. The van der Waals surface area contributed by atoms with E-state index in [0.29, 0.717) is 13.0 Å². The molecule has 21 heavy (non-hydrogen) atoms. The average Bonchev–Trinajstić information content (AvgIpc) is 2.51. The molecule has 0 heterocycles. The number of aliphatic hydroxyl groups excluding tert-OH is 1. The highest BCUT2D eigenvalue weighted by Crippen LogP contribution is 2.24. The maximum absolute atomic E-state index is 12.1. The molecular weight excluding hydrogens is 266 g/mol. The Bertz CT molecular complexity index is 459. The van der Waals surface area contributed by atoms with E-state index < -0.39 is 0 Å². The Kier molecular flexibility index (Phi) is 6.69. The third-order valence-electron chi connectivity index (χ3n) is 4.33. The minimum absolute atomic E-state index is 0.0272. The summed E-state index contributed by atoms with van der Waals surface area (Å²) >= 11 is 0. The van der Waals surface area contributed by atoms with Gasteiger partial charge in [0.15, 0.2) is 0 Å². The summed E-state index contributed by atoms with van der Waals surface area (Å²) in [5.41, 5.74) is 1.77. The monoisotopic (exact) mass is 293 g/mol. The van der Waals surface area contributed by atoms with E-state index in [1.807, 2.05) is 39.0 Å². The molecule has 4 heteroatoms. The highest BCUT2D eigenvalue weighted by atomic mass is 16.5. The van der Waals surface area contributed by atoms with Crippen molar-refractivity contribution in [1.29, 1.82) is 0 Å². The second-order valence-electron chi connectivity index (χ2n) is 5.62. The molecule has 0 unspecified atom stereocenters. The first-order valence-electron chi connectivity index (χ1n) is 7.51. The van der Waals surface area contributed by atoms with Crippen LogP contribution in [0.3, 0.4) is 0 Å². The van der Waals surface area contributed by atoms with Gasteiger partial charge < -0.3 is 15.2 Å². The van der Waals surface area contributed by atoms with Crippen LogP contribution in [0.4, 0.5) is 0 Å². The van der Waals surface area contributed by atoms with Gasteiger partial charge in [-0.2, -0.15) is 0 Å². The van der Waals surface area contributed by atoms with Gasteiger partial charge in [0.05, 0.1) is 20.1 Å². The number of aryl methyl sites for hydroxylation is 1. The molecular formula is C17H27NO3. The summed E-state index contributed by atoms with van der Waals surface area (Å²) in [6.45, 7) is 6.66. The van der Waals surface area contributed by atoms with Crippen LogP contribution in [0.5, 0.6) is 5.75 Å². The quantitative estimate of drug-likeness (QED) is 0.774. The lowest BCUT2D eigenvalue weighted by molar-refractivity contribution is -0.121. The molecule has 1 aromatic rings. The molecule has 0 saturated carbocycles. The smallest absolute Gasteiger partial charge is 0.224 e. The van der Waals surface area contributed by atoms with Crippen molar-refractivity contribution >= 4 is 5.91 Å². The minimum atomic E-state index is -0.208. The molecule has 2 N–H and O–H groups in total. The third-order valence-corrected chi connectivity index (χ3v) is 4.33. The molecule has 0 aliphatic heterocycles. The van der Waals surface area contributed by atoms with Crippen LogP contribution < -0.4 is 10.1 Å². The summed E-state index contributed by atoms with van der Waals surface area (Å²) in [7, 11) is 1.63. The molecule has 0 atom stereocenters. The van der Waals surface area contributed by atoms with Crippen LogP contribution in [0, 0.1) is 12.3 Å². The van der Waals surface area contributed by atoms with E-state index >= 15 is 0 Å². The molecule has 1 amide bonds. The number of aliphatic hydroxyl groups is 1. The largest absolute Gasteiger partial charge is 0.496 e. The van der Waals surface area contributed by atoms with Gasteiger partial charge in [-0.3, -0.25) is 4.79 Å². The Labute approximate surface area is 127 Å². The average molecular weight is 293 g/mol. The van der Waals surface area contributed by atoms with Crippen molar-refractivity contribution in [2.45, 2.75) is 40.0 Å². The van der Waals surface area contributed by atoms with E-state index in [1.165, 1.54) is 0 Å². The molecule has 1 aromatic carbocycles. The van der Waals surface area contributed by atoms with E-state index in [1.54, 1.807) is 7.11 Å². The third kappa shape index (κ3) is 4.74. The molecule has 1 rings (SSSR count). The Morgan fingerprint density at radius 2 is 2.00 bits per heavy atom. The lowest BCUT2D eigenvalue weighted by atomic mass is 9.83. The van der Waals surface area contributed by atoms with Crippen molar-refractivity contribution in [2.75, 3.05) is 20.3 Å². The predicted octanol–water partition coefficient (Wildman–Crippen LogP) is 2.46. The molecule has 4 nitrogen and oxygen atoms in total. The molecule has 0 bridgehead atoms. The Morgan fingerprint density at radius 1 is 1.33 bits per heavy atom. The second-order valence-corrected chi connectivity index (χ2v) is 5.62. The van der Waals surface area contributed by atoms with Gasteiger partial charge in [0.25, 0.3) is 0 Å². The van der Waals surface area contributed by atoms with Crippen molar-refractivity contribution in [3.8, 4) is 5.75 Å². The normalized spacial score (nSPS) is 11.3. The van der Waals surface area contributed by atoms with Gasteiger partial charge >= 0.3 is 0 Å². The van der Waals surface area contributed by atoms with Gasteiger partial charge in [-0.1, -0.05) is 26.0 Å². The lowest BCUT2D eigenvalue weighted by Gasteiger charge is -2.29. The Balaban J connectivity index is 2.62. The fourth-order valence-electron chi connectivity index (χ4n) is 2.29. The first kappa shape index (κ1) is 17.5. The molecule has 0 spiro atoms. The number of carbonyl (C=O) groups is 1. The van der Waals surface area contributed by atoms with Crippen LogP contribution in [0.15, 0.2) is 18.2 Å². The Morgan fingerprint density at radius 3 is 2.52 bits per heavy atom. The number of benzene rings is 1. The van der Waals surface area contributed by atoms with E-state index in [2.05, 4.69) is 5.32 Å². The van der Waals surface area contributed by atoms with Crippen LogP contribution >= 0.6 is 0 Å². The zero-order valence-corrected chi connectivity index (χ0v) is 13.5. The van der Waals surface area contributed by atoms with Crippen molar-refractivity contribution in [2.24, 2.45) is 5.41 Å². The van der Waals surface area contributed by atoms with Crippen LogP contribution in [-0.4, -0.2) is 31.3 Å². The number of methoxy groups -OCH3 is 1. The van der Waals surface area contributed by atoms with Gasteiger partial charge in [-0.15, -0.1) is 0 Å². The summed E-state index contributed by atoms with van der Waals surface area (Å²) in [5, 5.41) is 12.4. The molecule has 118 valence electrons. The van der Waals surface area contributed by atoms with Crippen LogP contribution in [-0.2, 0) is 11.2 Å². The summed E-state index contributed by atoms with van der Waals surface area (Å²) in [5.74, 6) is 0.771. The second kappa shape index (κ2) is 8.03. The summed E-state index contributed by atoms with van der Waals surface area (Å²) in [6.07, 6.45) is 2.02. The topological polar surface area (TPSA) is 58.6 Å². The maximum Gasteiger partial charge on any atom is 0.224 e. The van der Waals surface area contributed by atoms with Crippen molar-refractivity contribution < 1.29 is 14.6 Å².